The third-order valence-electron chi connectivity index (χ3n) is 2.98. The van der Waals surface area contributed by atoms with Crippen molar-refractivity contribution in [2.24, 2.45) is 0 Å². The van der Waals surface area contributed by atoms with Gasteiger partial charge in [0.15, 0.2) is 0 Å². The monoisotopic (exact) mass is 303 g/mol. The molecule has 114 valence electrons. The molecule has 1 heterocycles. The molecule has 2 nitrogen and oxygen atoms in total. The largest absolute Gasteiger partial charge is 0.352 e. The van der Waals surface area contributed by atoms with Gasteiger partial charge in [0.2, 0.25) is 5.91 Å². The van der Waals surface area contributed by atoms with Crippen LogP contribution in [0.25, 0.3) is 10.4 Å². The molecule has 0 spiro atoms. The molecule has 0 fully saturated rings. The summed E-state index contributed by atoms with van der Waals surface area (Å²) in [5.74, 6) is 0.585. The van der Waals surface area contributed by atoms with Gasteiger partial charge in [0.25, 0.3) is 0 Å². The molecule has 0 saturated heterocycles. The van der Waals surface area contributed by atoms with Crippen LogP contribution in [0.15, 0.2) is 36.4 Å². The van der Waals surface area contributed by atoms with Crippen molar-refractivity contribution in [3.63, 3.8) is 0 Å². The molecule has 0 saturated carbocycles. The molecule has 1 aromatic carbocycles. The summed E-state index contributed by atoms with van der Waals surface area (Å²) in [7, 11) is 0. The lowest BCUT2D eigenvalue weighted by Gasteiger charge is -2.04. The second-order valence-electron chi connectivity index (χ2n) is 4.96. The lowest BCUT2D eigenvalue weighted by atomic mass is 10.1. The lowest BCUT2D eigenvalue weighted by molar-refractivity contribution is -0.119. The van der Waals surface area contributed by atoms with Gasteiger partial charge in [-0.15, -0.1) is 11.3 Å². The third kappa shape index (κ3) is 5.35. The Bertz CT molecular complexity index is 555. The highest BCUT2D eigenvalue weighted by Crippen LogP contribution is 2.31. The molecular formula is C18H25NOS. The summed E-state index contributed by atoms with van der Waals surface area (Å²) in [5.41, 5.74) is 2.36. The lowest BCUT2D eigenvalue weighted by Crippen LogP contribution is -2.18. The number of benzene rings is 1. The maximum absolute atomic E-state index is 10.9. The molecule has 1 N–H and O–H groups in total. The quantitative estimate of drug-likeness (QED) is 0.826. The topological polar surface area (TPSA) is 29.1 Å². The first-order valence-electron chi connectivity index (χ1n) is 7.49. The fourth-order valence-electron chi connectivity index (χ4n) is 1.83. The van der Waals surface area contributed by atoms with Crippen molar-refractivity contribution in [2.75, 3.05) is 0 Å². The Morgan fingerprint density at radius 2 is 1.71 bits per heavy atom. The number of nitrogens with one attached hydrogen (secondary N) is 1. The minimum absolute atomic E-state index is 0.00362. The zero-order chi connectivity index (χ0) is 15.8. The van der Waals surface area contributed by atoms with E-state index in [-0.39, 0.29) is 5.91 Å². The Labute approximate surface area is 132 Å². The highest BCUT2D eigenvalue weighted by Gasteiger charge is 2.05. The van der Waals surface area contributed by atoms with E-state index in [0.717, 1.165) is 5.56 Å². The van der Waals surface area contributed by atoms with Crippen LogP contribution in [-0.4, -0.2) is 5.91 Å². The summed E-state index contributed by atoms with van der Waals surface area (Å²) in [6.07, 6.45) is 0. The molecule has 0 radical (unpaired) electrons. The number of rotatable bonds is 4. The Morgan fingerprint density at radius 1 is 1.10 bits per heavy atom. The van der Waals surface area contributed by atoms with Gasteiger partial charge in [0.05, 0.1) is 0 Å². The summed E-state index contributed by atoms with van der Waals surface area (Å²) in [5, 5.41) is 2.80. The van der Waals surface area contributed by atoms with E-state index in [1.54, 1.807) is 0 Å². The first kappa shape index (κ1) is 17.4. The van der Waals surface area contributed by atoms with Crippen LogP contribution in [0.3, 0.4) is 0 Å². The van der Waals surface area contributed by atoms with Crippen LogP contribution in [0.2, 0.25) is 0 Å². The summed E-state index contributed by atoms with van der Waals surface area (Å²) in [4.78, 5) is 13.6. The van der Waals surface area contributed by atoms with Gasteiger partial charge in [-0.1, -0.05) is 52.0 Å². The van der Waals surface area contributed by atoms with E-state index in [1.165, 1.54) is 22.2 Å². The minimum atomic E-state index is 0.00362. The Balaban J connectivity index is 0.00000106. The van der Waals surface area contributed by atoms with Crippen molar-refractivity contribution in [2.45, 2.75) is 47.1 Å². The van der Waals surface area contributed by atoms with Gasteiger partial charge in [0.1, 0.15) is 0 Å². The minimum Gasteiger partial charge on any atom is -0.352 e. The molecule has 3 heteroatoms. The van der Waals surface area contributed by atoms with Crippen molar-refractivity contribution in [3.05, 3.63) is 46.8 Å². The van der Waals surface area contributed by atoms with Gasteiger partial charge >= 0.3 is 0 Å². The summed E-state index contributed by atoms with van der Waals surface area (Å²) in [6, 6.07) is 12.8. The number of carbonyl (C=O) groups excluding carboxylic acids is 1. The average molecular weight is 303 g/mol. The molecule has 0 unspecified atom stereocenters. The smallest absolute Gasteiger partial charge is 0.217 e. The number of hydrogen-bond donors (Lipinski definition) is 1. The highest BCUT2D eigenvalue weighted by molar-refractivity contribution is 7.15. The SMILES string of the molecule is CC.CC(=O)NCc1ccc(-c2ccc(C(C)C)s2)cc1. The summed E-state index contributed by atoms with van der Waals surface area (Å²) < 4.78 is 0. The van der Waals surface area contributed by atoms with Crippen molar-refractivity contribution in [1.82, 2.24) is 5.32 Å². The van der Waals surface area contributed by atoms with Crippen LogP contribution in [0.1, 0.15) is 51.0 Å². The van der Waals surface area contributed by atoms with E-state index in [4.69, 9.17) is 0 Å². The zero-order valence-corrected chi connectivity index (χ0v) is 14.4. The maximum Gasteiger partial charge on any atom is 0.217 e. The van der Waals surface area contributed by atoms with Gasteiger partial charge in [0, 0.05) is 23.2 Å². The number of amides is 1. The Morgan fingerprint density at radius 3 is 2.19 bits per heavy atom. The van der Waals surface area contributed by atoms with Crippen LogP contribution in [0.5, 0.6) is 0 Å². The first-order chi connectivity index (χ1) is 10.1. The number of carbonyl (C=O) groups is 1. The molecule has 1 amide bonds. The molecule has 0 aliphatic carbocycles. The fraction of sp³-hybridized carbons (Fsp3) is 0.389. The second-order valence-corrected chi connectivity index (χ2v) is 6.08. The van der Waals surface area contributed by atoms with Crippen molar-refractivity contribution in [3.8, 4) is 10.4 Å². The van der Waals surface area contributed by atoms with Crippen LogP contribution in [-0.2, 0) is 11.3 Å². The first-order valence-corrected chi connectivity index (χ1v) is 8.31. The van der Waals surface area contributed by atoms with Gasteiger partial charge in [-0.05, 0) is 29.2 Å². The highest BCUT2D eigenvalue weighted by atomic mass is 32.1. The van der Waals surface area contributed by atoms with Crippen LogP contribution >= 0.6 is 11.3 Å². The van der Waals surface area contributed by atoms with Gasteiger partial charge in [-0.3, -0.25) is 4.79 Å². The summed E-state index contributed by atoms with van der Waals surface area (Å²) in [6.45, 7) is 10.6. The molecule has 0 aliphatic rings. The molecular weight excluding hydrogens is 278 g/mol. The molecule has 0 bridgehead atoms. The van der Waals surface area contributed by atoms with E-state index in [1.807, 2.05) is 25.2 Å². The zero-order valence-electron chi connectivity index (χ0n) is 13.6. The van der Waals surface area contributed by atoms with E-state index in [0.29, 0.717) is 12.5 Å². The fourth-order valence-corrected chi connectivity index (χ4v) is 2.85. The third-order valence-corrected chi connectivity index (χ3v) is 4.41. The predicted molar refractivity (Wildman–Crippen MR) is 92.7 cm³/mol. The van der Waals surface area contributed by atoms with Crippen molar-refractivity contribution in [1.29, 1.82) is 0 Å². The molecule has 0 atom stereocenters. The molecule has 0 aliphatic heterocycles. The van der Waals surface area contributed by atoms with Crippen LogP contribution in [0, 0.1) is 0 Å². The average Bonchev–Trinajstić information content (AvgIpc) is 2.98. The van der Waals surface area contributed by atoms with Crippen molar-refractivity contribution < 1.29 is 4.79 Å². The van der Waals surface area contributed by atoms with Gasteiger partial charge < -0.3 is 5.32 Å². The Kier molecular flexibility index (Phi) is 7.17. The molecule has 21 heavy (non-hydrogen) atoms. The maximum atomic E-state index is 10.9. The van der Waals surface area contributed by atoms with Gasteiger partial charge in [-0.25, -0.2) is 0 Å². The van der Waals surface area contributed by atoms with Gasteiger partial charge in [-0.2, -0.15) is 0 Å². The van der Waals surface area contributed by atoms with E-state index < -0.39 is 0 Å². The number of thiophene rings is 1. The van der Waals surface area contributed by atoms with E-state index in [2.05, 4.69) is 55.6 Å². The van der Waals surface area contributed by atoms with Crippen LogP contribution in [0.4, 0.5) is 0 Å². The molecule has 2 rings (SSSR count). The van der Waals surface area contributed by atoms with E-state index in [9.17, 15) is 4.79 Å². The second kappa shape index (κ2) is 8.63. The Hall–Kier alpha value is -1.61. The van der Waals surface area contributed by atoms with E-state index >= 15 is 0 Å². The molecule has 1 aromatic heterocycles. The predicted octanol–water partition coefficient (Wildman–Crippen LogP) is 5.20. The molecule has 2 aromatic rings. The number of hydrogen-bond acceptors (Lipinski definition) is 2. The summed E-state index contributed by atoms with van der Waals surface area (Å²) >= 11 is 1.85. The van der Waals surface area contributed by atoms with Crippen molar-refractivity contribution >= 4 is 17.2 Å². The van der Waals surface area contributed by atoms with Crippen LogP contribution < -0.4 is 5.32 Å². The standard InChI is InChI=1S/C16H19NOS.C2H6/c1-11(2)15-8-9-16(19-15)14-6-4-13(5-7-14)10-17-12(3)18;1-2/h4-9,11H,10H2,1-3H3,(H,17,18);1-2H3. The normalized spacial score (nSPS) is 10.0.